The number of halogens is 3. The van der Waals surface area contributed by atoms with Crippen LogP contribution in [-0.4, -0.2) is 64.8 Å². The van der Waals surface area contributed by atoms with Crippen LogP contribution in [0.25, 0.3) is 5.69 Å². The first-order valence-electron chi connectivity index (χ1n) is 10.3. The number of rotatable bonds is 6. The number of carbonyl (C=O) groups excluding carboxylic acids is 1. The molecular formula is C23H23Cl2FN4O2. The maximum absolute atomic E-state index is 13.2. The summed E-state index contributed by atoms with van der Waals surface area (Å²) in [5.74, 6) is 0.297. The summed E-state index contributed by atoms with van der Waals surface area (Å²) in [4.78, 5) is 17.2. The van der Waals surface area contributed by atoms with Crippen molar-refractivity contribution in [3.8, 4) is 11.4 Å². The first kappa shape index (κ1) is 22.6. The van der Waals surface area contributed by atoms with Crippen LogP contribution in [-0.2, 0) is 0 Å². The molecule has 0 unspecified atom stereocenters. The summed E-state index contributed by atoms with van der Waals surface area (Å²) in [5.41, 5.74) is 1.53. The van der Waals surface area contributed by atoms with E-state index < -0.39 is 0 Å². The second-order valence-electron chi connectivity index (χ2n) is 7.58. The molecule has 0 aliphatic carbocycles. The van der Waals surface area contributed by atoms with E-state index in [9.17, 15) is 9.18 Å². The van der Waals surface area contributed by atoms with Crippen molar-refractivity contribution < 1.29 is 13.9 Å². The van der Waals surface area contributed by atoms with E-state index in [1.165, 1.54) is 16.8 Å². The molecule has 3 aromatic rings. The molecule has 1 saturated heterocycles. The summed E-state index contributed by atoms with van der Waals surface area (Å²) in [7, 11) is 0. The highest BCUT2D eigenvalue weighted by atomic mass is 35.5. The first-order chi connectivity index (χ1) is 15.4. The molecule has 9 heteroatoms. The van der Waals surface area contributed by atoms with E-state index in [-0.39, 0.29) is 16.9 Å². The van der Waals surface area contributed by atoms with Gasteiger partial charge in [-0.3, -0.25) is 9.69 Å². The van der Waals surface area contributed by atoms with Crippen molar-refractivity contribution in [1.82, 2.24) is 19.6 Å². The van der Waals surface area contributed by atoms with Gasteiger partial charge in [0, 0.05) is 37.7 Å². The standard InChI is InChI=1S/C23H23Cl2FN4O2/c1-16-21(22(25)30(27-16)19-6-4-18(26)5-7-19)23(31)29-12-10-28(11-13-29)14-15-32-20-8-2-17(24)3-9-20/h2-9H,10-15H2,1H3. The summed E-state index contributed by atoms with van der Waals surface area (Å²) in [6.07, 6.45) is 0. The summed E-state index contributed by atoms with van der Waals surface area (Å²) < 4.78 is 20.5. The van der Waals surface area contributed by atoms with E-state index in [1.54, 1.807) is 36.1 Å². The Labute approximate surface area is 196 Å². The van der Waals surface area contributed by atoms with Gasteiger partial charge in [-0.05, 0) is 55.5 Å². The number of piperazine rings is 1. The van der Waals surface area contributed by atoms with Crippen LogP contribution in [0.1, 0.15) is 16.1 Å². The Hall–Kier alpha value is -2.61. The van der Waals surface area contributed by atoms with Crippen LogP contribution in [0.15, 0.2) is 48.5 Å². The predicted octanol–water partition coefficient (Wildman–Crippen LogP) is 4.46. The molecule has 1 amide bonds. The largest absolute Gasteiger partial charge is 0.492 e. The van der Waals surface area contributed by atoms with Crippen molar-refractivity contribution in [2.24, 2.45) is 0 Å². The number of ether oxygens (including phenoxy) is 1. The molecule has 1 aromatic heterocycles. The summed E-state index contributed by atoms with van der Waals surface area (Å²) in [5, 5.41) is 5.31. The van der Waals surface area contributed by atoms with Crippen LogP contribution in [0.2, 0.25) is 10.2 Å². The Kier molecular flexibility index (Phi) is 6.98. The highest BCUT2D eigenvalue weighted by Crippen LogP contribution is 2.25. The summed E-state index contributed by atoms with van der Waals surface area (Å²) in [6, 6.07) is 13.1. The van der Waals surface area contributed by atoms with Crippen LogP contribution >= 0.6 is 23.2 Å². The maximum atomic E-state index is 13.2. The van der Waals surface area contributed by atoms with Gasteiger partial charge in [0.25, 0.3) is 5.91 Å². The highest BCUT2D eigenvalue weighted by Gasteiger charge is 2.28. The van der Waals surface area contributed by atoms with Gasteiger partial charge in [-0.25, -0.2) is 9.07 Å². The van der Waals surface area contributed by atoms with Crippen molar-refractivity contribution in [3.63, 3.8) is 0 Å². The van der Waals surface area contributed by atoms with Crippen LogP contribution in [0.4, 0.5) is 4.39 Å². The van der Waals surface area contributed by atoms with Crippen LogP contribution in [0.3, 0.4) is 0 Å². The Morgan fingerprint density at radius 1 is 1.03 bits per heavy atom. The Morgan fingerprint density at radius 3 is 2.34 bits per heavy atom. The van der Waals surface area contributed by atoms with Crippen LogP contribution in [0.5, 0.6) is 5.75 Å². The van der Waals surface area contributed by atoms with Gasteiger partial charge in [0.2, 0.25) is 0 Å². The molecule has 2 aromatic carbocycles. The van der Waals surface area contributed by atoms with Crippen LogP contribution in [0, 0.1) is 12.7 Å². The van der Waals surface area contributed by atoms with Gasteiger partial charge >= 0.3 is 0 Å². The lowest BCUT2D eigenvalue weighted by atomic mass is 10.2. The molecule has 0 saturated carbocycles. The van der Waals surface area contributed by atoms with Crippen molar-refractivity contribution in [2.75, 3.05) is 39.3 Å². The van der Waals surface area contributed by atoms with Gasteiger partial charge < -0.3 is 9.64 Å². The lowest BCUT2D eigenvalue weighted by Crippen LogP contribution is -2.49. The Balaban J connectivity index is 1.33. The zero-order chi connectivity index (χ0) is 22.7. The fourth-order valence-corrected chi connectivity index (χ4v) is 4.13. The Morgan fingerprint density at radius 2 is 1.69 bits per heavy atom. The molecular weight excluding hydrogens is 454 g/mol. The van der Waals surface area contributed by atoms with Crippen molar-refractivity contribution in [2.45, 2.75) is 6.92 Å². The number of hydrogen-bond donors (Lipinski definition) is 0. The zero-order valence-electron chi connectivity index (χ0n) is 17.6. The van der Waals surface area contributed by atoms with Crippen molar-refractivity contribution in [3.05, 3.63) is 75.8 Å². The number of benzene rings is 2. The number of carbonyl (C=O) groups is 1. The van der Waals surface area contributed by atoms with Crippen molar-refractivity contribution >= 4 is 29.1 Å². The molecule has 168 valence electrons. The lowest BCUT2D eigenvalue weighted by Gasteiger charge is -2.34. The van der Waals surface area contributed by atoms with E-state index in [4.69, 9.17) is 27.9 Å². The summed E-state index contributed by atoms with van der Waals surface area (Å²) >= 11 is 12.4. The summed E-state index contributed by atoms with van der Waals surface area (Å²) in [6.45, 7) is 5.77. The third-order valence-corrected chi connectivity index (χ3v) is 6.04. The van der Waals surface area contributed by atoms with Crippen LogP contribution < -0.4 is 4.74 Å². The third-order valence-electron chi connectivity index (χ3n) is 5.44. The molecule has 32 heavy (non-hydrogen) atoms. The van der Waals surface area contributed by atoms with Gasteiger partial charge in [-0.15, -0.1) is 0 Å². The minimum atomic E-state index is -0.346. The minimum absolute atomic E-state index is 0.141. The van der Waals surface area contributed by atoms with E-state index >= 15 is 0 Å². The molecule has 0 bridgehead atoms. The van der Waals surface area contributed by atoms with E-state index in [0.717, 1.165) is 25.4 Å². The quantitative estimate of drug-likeness (QED) is 0.526. The predicted molar refractivity (Wildman–Crippen MR) is 123 cm³/mol. The second kappa shape index (κ2) is 9.90. The second-order valence-corrected chi connectivity index (χ2v) is 8.37. The molecule has 6 nitrogen and oxygen atoms in total. The van der Waals surface area contributed by atoms with E-state index in [2.05, 4.69) is 10.00 Å². The fourth-order valence-electron chi connectivity index (χ4n) is 3.65. The van der Waals surface area contributed by atoms with E-state index in [0.29, 0.717) is 41.7 Å². The maximum Gasteiger partial charge on any atom is 0.258 e. The lowest BCUT2D eigenvalue weighted by molar-refractivity contribution is 0.0620. The third kappa shape index (κ3) is 5.06. The number of nitrogens with zero attached hydrogens (tertiary/aromatic N) is 4. The van der Waals surface area contributed by atoms with Gasteiger partial charge in [0.05, 0.1) is 16.9 Å². The number of aromatic nitrogens is 2. The van der Waals surface area contributed by atoms with Gasteiger partial charge in [0.15, 0.2) is 0 Å². The van der Waals surface area contributed by atoms with E-state index in [1.807, 2.05) is 12.1 Å². The number of amides is 1. The molecule has 0 atom stereocenters. The van der Waals surface area contributed by atoms with Gasteiger partial charge in [-0.1, -0.05) is 23.2 Å². The molecule has 4 rings (SSSR count). The van der Waals surface area contributed by atoms with Gasteiger partial charge in [0.1, 0.15) is 23.3 Å². The topological polar surface area (TPSA) is 50.6 Å². The minimum Gasteiger partial charge on any atom is -0.492 e. The molecule has 1 aliphatic rings. The monoisotopic (exact) mass is 476 g/mol. The van der Waals surface area contributed by atoms with Crippen molar-refractivity contribution in [1.29, 1.82) is 0 Å². The highest BCUT2D eigenvalue weighted by molar-refractivity contribution is 6.33. The molecule has 0 N–H and O–H groups in total. The molecule has 0 spiro atoms. The molecule has 1 aliphatic heterocycles. The smallest absolute Gasteiger partial charge is 0.258 e. The number of aryl methyl sites for hydroxylation is 1. The van der Waals surface area contributed by atoms with Gasteiger partial charge in [-0.2, -0.15) is 5.10 Å². The first-order valence-corrected chi connectivity index (χ1v) is 11.1. The Bertz CT molecular complexity index is 1080. The average Bonchev–Trinajstić information content (AvgIpc) is 3.09. The molecule has 1 fully saturated rings. The zero-order valence-corrected chi connectivity index (χ0v) is 19.1. The molecule has 2 heterocycles. The average molecular weight is 477 g/mol. The number of hydrogen-bond acceptors (Lipinski definition) is 4. The molecule has 0 radical (unpaired) electrons. The fraction of sp³-hybridized carbons (Fsp3) is 0.304. The normalized spacial score (nSPS) is 14.6. The SMILES string of the molecule is Cc1nn(-c2ccc(F)cc2)c(Cl)c1C(=O)N1CCN(CCOc2ccc(Cl)cc2)CC1.